The number of imidazole rings is 1. The van der Waals surface area contributed by atoms with Crippen molar-refractivity contribution in [3.63, 3.8) is 0 Å². The fourth-order valence-electron chi connectivity index (χ4n) is 2.12. The summed E-state index contributed by atoms with van der Waals surface area (Å²) < 4.78 is 2.35. The van der Waals surface area contributed by atoms with Gasteiger partial charge in [-0.2, -0.15) is 0 Å². The Kier molecular flexibility index (Phi) is 2.36. The van der Waals surface area contributed by atoms with Gasteiger partial charge in [0.05, 0.1) is 0 Å². The monoisotopic (exact) mass is 179 g/mol. The van der Waals surface area contributed by atoms with Crippen molar-refractivity contribution < 1.29 is 0 Å². The van der Waals surface area contributed by atoms with E-state index in [1.54, 1.807) is 0 Å². The van der Waals surface area contributed by atoms with Crippen LogP contribution in [-0.2, 0) is 13.0 Å². The molecule has 13 heavy (non-hydrogen) atoms. The zero-order valence-electron chi connectivity index (χ0n) is 8.38. The van der Waals surface area contributed by atoms with Gasteiger partial charge in [-0.1, -0.05) is 0 Å². The maximum Gasteiger partial charge on any atom is 0.105 e. The van der Waals surface area contributed by atoms with E-state index in [-0.39, 0.29) is 0 Å². The average Bonchev–Trinajstić information content (AvgIpc) is 2.49. The number of aryl methyl sites for hydroxylation is 2. The molecule has 72 valence electrons. The summed E-state index contributed by atoms with van der Waals surface area (Å²) in [6, 6.07) is 0. The molecule has 0 spiro atoms. The summed E-state index contributed by atoms with van der Waals surface area (Å²) in [5, 5.41) is 3.25. The number of aromatic nitrogens is 2. The van der Waals surface area contributed by atoms with E-state index in [2.05, 4.69) is 21.8 Å². The van der Waals surface area contributed by atoms with Crippen LogP contribution in [-0.4, -0.2) is 23.1 Å². The maximum atomic E-state index is 4.34. The van der Waals surface area contributed by atoms with Gasteiger partial charge in [0, 0.05) is 18.4 Å². The highest BCUT2D eigenvalue weighted by Gasteiger charge is 2.18. The predicted molar refractivity (Wildman–Crippen MR) is 52.7 cm³/mol. The number of rotatable bonds is 2. The molecule has 3 heteroatoms. The largest absolute Gasteiger partial charge is 0.332 e. The van der Waals surface area contributed by atoms with Crippen molar-refractivity contribution in [2.75, 3.05) is 13.6 Å². The van der Waals surface area contributed by atoms with Crippen molar-refractivity contribution in [1.82, 2.24) is 14.9 Å². The average molecular weight is 179 g/mol. The number of nitrogens with one attached hydrogen (secondary N) is 1. The predicted octanol–water partition coefficient (Wildman–Crippen LogP) is 0.973. The molecule has 0 aliphatic carbocycles. The molecule has 1 aromatic heterocycles. The van der Waals surface area contributed by atoms with Crippen molar-refractivity contribution in [3.8, 4) is 0 Å². The van der Waals surface area contributed by atoms with Crippen molar-refractivity contribution in [3.05, 3.63) is 17.7 Å². The Bertz CT molecular complexity index is 290. The first-order chi connectivity index (χ1) is 6.31. The van der Waals surface area contributed by atoms with E-state index in [1.807, 2.05) is 13.2 Å². The Labute approximate surface area is 79.2 Å². The lowest BCUT2D eigenvalue weighted by molar-refractivity contribution is 0.356. The molecular weight excluding hydrogens is 162 g/mol. The Balaban J connectivity index is 2.13. The number of fused-ring (bicyclic) bond motifs is 1. The summed E-state index contributed by atoms with van der Waals surface area (Å²) in [5.41, 5.74) is 1.41. The van der Waals surface area contributed by atoms with Crippen LogP contribution in [0, 0.1) is 12.8 Å². The topological polar surface area (TPSA) is 29.9 Å². The second kappa shape index (κ2) is 3.50. The van der Waals surface area contributed by atoms with E-state index < -0.39 is 0 Å². The molecule has 1 aromatic rings. The van der Waals surface area contributed by atoms with Crippen LogP contribution in [0.3, 0.4) is 0 Å². The van der Waals surface area contributed by atoms with Gasteiger partial charge in [-0.15, -0.1) is 0 Å². The molecule has 1 unspecified atom stereocenters. The minimum atomic E-state index is 0.783. The molecule has 0 bridgehead atoms. The summed E-state index contributed by atoms with van der Waals surface area (Å²) in [6.07, 6.45) is 4.50. The van der Waals surface area contributed by atoms with Gasteiger partial charge in [0.15, 0.2) is 0 Å². The minimum Gasteiger partial charge on any atom is -0.332 e. The zero-order valence-corrected chi connectivity index (χ0v) is 8.38. The fraction of sp³-hybridized carbons (Fsp3) is 0.700. The van der Waals surface area contributed by atoms with Crippen molar-refractivity contribution in [2.24, 2.45) is 5.92 Å². The van der Waals surface area contributed by atoms with Gasteiger partial charge in [-0.3, -0.25) is 0 Å². The van der Waals surface area contributed by atoms with Crippen LogP contribution >= 0.6 is 0 Å². The lowest BCUT2D eigenvalue weighted by atomic mass is 9.98. The summed E-state index contributed by atoms with van der Waals surface area (Å²) in [5.74, 6) is 1.95. The molecule has 0 saturated heterocycles. The summed E-state index contributed by atoms with van der Waals surface area (Å²) in [4.78, 5) is 4.34. The molecular formula is C10H17N3. The van der Waals surface area contributed by atoms with Crippen LogP contribution in [0.5, 0.6) is 0 Å². The molecule has 0 fully saturated rings. The van der Waals surface area contributed by atoms with Gasteiger partial charge >= 0.3 is 0 Å². The molecule has 1 N–H and O–H groups in total. The molecule has 2 rings (SSSR count). The first-order valence-electron chi connectivity index (χ1n) is 4.97. The van der Waals surface area contributed by atoms with Gasteiger partial charge in [0.25, 0.3) is 0 Å². The van der Waals surface area contributed by atoms with E-state index in [1.165, 1.54) is 18.5 Å². The summed E-state index contributed by atoms with van der Waals surface area (Å²) in [7, 11) is 2.02. The molecule has 0 saturated carbocycles. The Hall–Kier alpha value is -0.830. The first kappa shape index (κ1) is 8.75. The highest BCUT2D eigenvalue weighted by molar-refractivity contribution is 5.07. The normalized spacial score (nSPS) is 21.5. The van der Waals surface area contributed by atoms with Crippen LogP contribution in [0.4, 0.5) is 0 Å². The second-order valence-corrected chi connectivity index (χ2v) is 3.87. The Morgan fingerprint density at radius 1 is 1.69 bits per heavy atom. The van der Waals surface area contributed by atoms with Gasteiger partial charge in [0.2, 0.25) is 0 Å². The SMILES string of the molecule is CNCC1CCc2cnc(C)n2C1. The minimum absolute atomic E-state index is 0.783. The molecule has 1 aliphatic heterocycles. The number of hydrogen-bond donors (Lipinski definition) is 1. The van der Waals surface area contributed by atoms with Gasteiger partial charge in [-0.25, -0.2) is 4.98 Å². The van der Waals surface area contributed by atoms with Gasteiger partial charge < -0.3 is 9.88 Å². The Morgan fingerprint density at radius 2 is 2.54 bits per heavy atom. The van der Waals surface area contributed by atoms with Crippen LogP contribution in [0.1, 0.15) is 17.9 Å². The first-order valence-corrected chi connectivity index (χ1v) is 4.97. The number of nitrogens with zero attached hydrogens (tertiary/aromatic N) is 2. The standard InChI is InChI=1S/C10H17N3/c1-8-12-6-10-4-3-9(5-11-2)7-13(8)10/h6,9,11H,3-5,7H2,1-2H3. The highest BCUT2D eigenvalue weighted by Crippen LogP contribution is 2.20. The lowest BCUT2D eigenvalue weighted by Gasteiger charge is -2.24. The third-order valence-corrected chi connectivity index (χ3v) is 2.88. The van der Waals surface area contributed by atoms with E-state index in [4.69, 9.17) is 0 Å². The number of hydrogen-bond acceptors (Lipinski definition) is 2. The van der Waals surface area contributed by atoms with Crippen molar-refractivity contribution in [2.45, 2.75) is 26.3 Å². The second-order valence-electron chi connectivity index (χ2n) is 3.87. The van der Waals surface area contributed by atoms with E-state index in [9.17, 15) is 0 Å². The molecule has 0 aromatic carbocycles. The quantitative estimate of drug-likeness (QED) is 0.733. The van der Waals surface area contributed by atoms with E-state index in [0.29, 0.717) is 0 Å². The highest BCUT2D eigenvalue weighted by atomic mass is 15.1. The summed E-state index contributed by atoms with van der Waals surface area (Å²) in [6.45, 7) is 4.35. The van der Waals surface area contributed by atoms with Crippen LogP contribution in [0.15, 0.2) is 6.20 Å². The third kappa shape index (κ3) is 1.61. The molecule has 2 heterocycles. The molecule has 0 radical (unpaired) electrons. The molecule has 1 atom stereocenters. The smallest absolute Gasteiger partial charge is 0.105 e. The van der Waals surface area contributed by atoms with Crippen LogP contribution in [0.2, 0.25) is 0 Å². The van der Waals surface area contributed by atoms with E-state index in [0.717, 1.165) is 24.8 Å². The van der Waals surface area contributed by atoms with Crippen molar-refractivity contribution >= 4 is 0 Å². The van der Waals surface area contributed by atoms with Crippen molar-refractivity contribution in [1.29, 1.82) is 0 Å². The summed E-state index contributed by atoms with van der Waals surface area (Å²) >= 11 is 0. The zero-order chi connectivity index (χ0) is 9.26. The van der Waals surface area contributed by atoms with E-state index >= 15 is 0 Å². The lowest BCUT2D eigenvalue weighted by Crippen LogP contribution is -2.28. The fourth-order valence-corrected chi connectivity index (χ4v) is 2.12. The van der Waals surface area contributed by atoms with Gasteiger partial charge in [0.1, 0.15) is 5.82 Å². The van der Waals surface area contributed by atoms with Crippen LogP contribution in [0.25, 0.3) is 0 Å². The third-order valence-electron chi connectivity index (χ3n) is 2.88. The molecule has 1 aliphatic rings. The Morgan fingerprint density at radius 3 is 3.31 bits per heavy atom. The van der Waals surface area contributed by atoms with Crippen LogP contribution < -0.4 is 5.32 Å². The molecule has 0 amide bonds. The molecule has 3 nitrogen and oxygen atoms in total. The van der Waals surface area contributed by atoms with Gasteiger partial charge in [-0.05, 0) is 39.3 Å². The maximum absolute atomic E-state index is 4.34.